The molecule has 0 saturated carbocycles. The van der Waals surface area contributed by atoms with Crippen molar-refractivity contribution in [1.82, 2.24) is 4.98 Å². The van der Waals surface area contributed by atoms with Crippen molar-refractivity contribution < 1.29 is 4.79 Å². The van der Waals surface area contributed by atoms with E-state index in [1.54, 1.807) is 12.1 Å². The third-order valence-corrected chi connectivity index (χ3v) is 3.36. The Hall–Kier alpha value is -1.72. The van der Waals surface area contributed by atoms with Crippen molar-refractivity contribution in [3.63, 3.8) is 0 Å². The lowest BCUT2D eigenvalue weighted by atomic mass is 10.1. The first-order chi connectivity index (χ1) is 8.69. The minimum Gasteiger partial charge on any atom is -0.330 e. The van der Waals surface area contributed by atoms with E-state index in [4.69, 9.17) is 5.73 Å². The largest absolute Gasteiger partial charge is 0.330 e. The first kappa shape index (κ1) is 12.7. The zero-order chi connectivity index (χ0) is 13.0. The highest BCUT2D eigenvalue weighted by Crippen LogP contribution is 2.15. The molecule has 2 rings (SSSR count). The lowest BCUT2D eigenvalue weighted by molar-refractivity contribution is 0.102. The van der Waals surface area contributed by atoms with Gasteiger partial charge in [-0.25, -0.2) is 4.98 Å². The second kappa shape index (κ2) is 5.75. The van der Waals surface area contributed by atoms with Gasteiger partial charge in [0.1, 0.15) is 0 Å². The lowest BCUT2D eigenvalue weighted by Crippen LogP contribution is -2.12. The van der Waals surface area contributed by atoms with Crippen LogP contribution in [0.5, 0.6) is 0 Å². The number of nitrogens with zero attached hydrogens (tertiary/aromatic N) is 1. The Morgan fingerprint density at radius 3 is 2.67 bits per heavy atom. The van der Waals surface area contributed by atoms with Crippen LogP contribution in [0.3, 0.4) is 0 Å². The van der Waals surface area contributed by atoms with Gasteiger partial charge >= 0.3 is 0 Å². The summed E-state index contributed by atoms with van der Waals surface area (Å²) in [7, 11) is 0. The van der Waals surface area contributed by atoms with Crippen LogP contribution >= 0.6 is 11.3 Å². The number of aryl methyl sites for hydroxylation is 1. The standard InChI is InChI=1S/C13H15N3OS/c1-9-8-18-13(15-9)16-12(17)11-4-2-10(3-5-11)6-7-14/h2-5,8H,6-7,14H2,1H3,(H,15,16,17). The number of carbonyl (C=O) groups is 1. The van der Waals surface area contributed by atoms with Crippen molar-refractivity contribution in [2.75, 3.05) is 11.9 Å². The molecule has 1 aromatic carbocycles. The zero-order valence-corrected chi connectivity index (χ0v) is 11.0. The van der Waals surface area contributed by atoms with Gasteiger partial charge in [-0.05, 0) is 37.6 Å². The molecular formula is C13H15N3OS. The van der Waals surface area contributed by atoms with Crippen molar-refractivity contribution in [2.24, 2.45) is 5.73 Å². The molecular weight excluding hydrogens is 246 g/mol. The van der Waals surface area contributed by atoms with E-state index in [0.717, 1.165) is 17.7 Å². The molecule has 1 heterocycles. The maximum atomic E-state index is 11.9. The summed E-state index contributed by atoms with van der Waals surface area (Å²) in [6.45, 7) is 2.51. The average Bonchev–Trinajstić information content (AvgIpc) is 2.76. The number of nitrogens with one attached hydrogen (secondary N) is 1. The maximum absolute atomic E-state index is 11.9. The first-order valence-electron chi connectivity index (χ1n) is 5.71. The maximum Gasteiger partial charge on any atom is 0.257 e. The highest BCUT2D eigenvalue weighted by Gasteiger charge is 2.07. The molecule has 3 N–H and O–H groups in total. The molecule has 1 aromatic heterocycles. The van der Waals surface area contributed by atoms with E-state index in [9.17, 15) is 4.79 Å². The van der Waals surface area contributed by atoms with Gasteiger partial charge in [0.15, 0.2) is 5.13 Å². The number of thiazole rings is 1. The Kier molecular flexibility index (Phi) is 4.07. The summed E-state index contributed by atoms with van der Waals surface area (Å²) in [5, 5.41) is 5.31. The van der Waals surface area contributed by atoms with Crippen LogP contribution in [0.2, 0.25) is 0 Å². The van der Waals surface area contributed by atoms with E-state index >= 15 is 0 Å². The van der Waals surface area contributed by atoms with Crippen molar-refractivity contribution in [2.45, 2.75) is 13.3 Å². The smallest absolute Gasteiger partial charge is 0.257 e. The molecule has 4 nitrogen and oxygen atoms in total. The highest BCUT2D eigenvalue weighted by atomic mass is 32.1. The molecule has 0 unspecified atom stereocenters. The first-order valence-corrected chi connectivity index (χ1v) is 6.59. The highest BCUT2D eigenvalue weighted by molar-refractivity contribution is 7.13. The van der Waals surface area contributed by atoms with Gasteiger partial charge in [0.05, 0.1) is 5.69 Å². The molecule has 1 amide bonds. The summed E-state index contributed by atoms with van der Waals surface area (Å²) in [6.07, 6.45) is 0.827. The summed E-state index contributed by atoms with van der Waals surface area (Å²) in [4.78, 5) is 16.1. The van der Waals surface area contributed by atoms with Crippen LogP contribution in [-0.4, -0.2) is 17.4 Å². The van der Waals surface area contributed by atoms with Gasteiger partial charge in [0.2, 0.25) is 0 Å². The van der Waals surface area contributed by atoms with E-state index in [0.29, 0.717) is 17.2 Å². The number of nitrogens with two attached hydrogens (primary N) is 1. The van der Waals surface area contributed by atoms with Crippen molar-refractivity contribution >= 4 is 22.4 Å². The quantitative estimate of drug-likeness (QED) is 0.886. The fourth-order valence-electron chi connectivity index (χ4n) is 1.57. The molecule has 0 bridgehead atoms. The van der Waals surface area contributed by atoms with Gasteiger partial charge in [-0.3, -0.25) is 10.1 Å². The lowest BCUT2D eigenvalue weighted by Gasteiger charge is -2.03. The summed E-state index contributed by atoms with van der Waals surface area (Å²) in [5.41, 5.74) is 8.15. The number of hydrogen-bond donors (Lipinski definition) is 2. The Balaban J connectivity index is 2.04. The SMILES string of the molecule is Cc1csc(NC(=O)c2ccc(CCN)cc2)n1. The molecule has 0 fully saturated rings. The van der Waals surface area contributed by atoms with Crippen molar-refractivity contribution in [3.8, 4) is 0 Å². The third kappa shape index (κ3) is 3.15. The van der Waals surface area contributed by atoms with Gasteiger partial charge in [0.25, 0.3) is 5.91 Å². The van der Waals surface area contributed by atoms with Crippen LogP contribution in [-0.2, 0) is 6.42 Å². The summed E-state index contributed by atoms with van der Waals surface area (Å²) in [6, 6.07) is 7.46. The minimum atomic E-state index is -0.136. The number of benzene rings is 1. The summed E-state index contributed by atoms with van der Waals surface area (Å²) in [5.74, 6) is -0.136. The second-order valence-corrected chi connectivity index (χ2v) is 4.84. The monoisotopic (exact) mass is 261 g/mol. The Morgan fingerprint density at radius 2 is 2.11 bits per heavy atom. The van der Waals surface area contributed by atoms with Crippen LogP contribution in [0.15, 0.2) is 29.6 Å². The van der Waals surface area contributed by atoms with Crippen LogP contribution in [0.25, 0.3) is 0 Å². The zero-order valence-electron chi connectivity index (χ0n) is 10.1. The molecule has 18 heavy (non-hydrogen) atoms. The Labute approximate surface area is 110 Å². The number of carbonyl (C=O) groups excluding carboxylic acids is 1. The molecule has 0 aliphatic heterocycles. The topological polar surface area (TPSA) is 68.0 Å². The fourth-order valence-corrected chi connectivity index (χ4v) is 2.25. The molecule has 0 aliphatic carbocycles. The molecule has 2 aromatic rings. The Bertz CT molecular complexity index is 533. The predicted molar refractivity (Wildman–Crippen MR) is 74.0 cm³/mol. The van der Waals surface area contributed by atoms with Gasteiger partial charge in [-0.1, -0.05) is 12.1 Å². The Morgan fingerprint density at radius 1 is 1.39 bits per heavy atom. The van der Waals surface area contributed by atoms with E-state index in [1.807, 2.05) is 24.4 Å². The average molecular weight is 261 g/mol. The summed E-state index contributed by atoms with van der Waals surface area (Å²) < 4.78 is 0. The number of amides is 1. The second-order valence-electron chi connectivity index (χ2n) is 3.98. The molecule has 0 spiro atoms. The summed E-state index contributed by atoms with van der Waals surface area (Å²) >= 11 is 1.42. The molecule has 0 radical (unpaired) electrons. The number of hydrogen-bond acceptors (Lipinski definition) is 4. The number of anilines is 1. The van der Waals surface area contributed by atoms with E-state index in [-0.39, 0.29) is 5.91 Å². The number of rotatable bonds is 4. The van der Waals surface area contributed by atoms with Crippen molar-refractivity contribution in [3.05, 3.63) is 46.5 Å². The van der Waals surface area contributed by atoms with Gasteiger partial charge < -0.3 is 5.73 Å². The van der Waals surface area contributed by atoms with Gasteiger partial charge in [0, 0.05) is 10.9 Å². The van der Waals surface area contributed by atoms with Crippen LogP contribution in [0.4, 0.5) is 5.13 Å². The van der Waals surface area contributed by atoms with E-state index < -0.39 is 0 Å². The van der Waals surface area contributed by atoms with Crippen LogP contribution in [0.1, 0.15) is 21.6 Å². The van der Waals surface area contributed by atoms with E-state index in [2.05, 4.69) is 10.3 Å². The molecule has 5 heteroatoms. The fraction of sp³-hybridized carbons (Fsp3) is 0.231. The number of aromatic nitrogens is 1. The molecule has 0 saturated heterocycles. The van der Waals surface area contributed by atoms with Gasteiger partial charge in [-0.2, -0.15) is 0 Å². The van der Waals surface area contributed by atoms with Crippen molar-refractivity contribution in [1.29, 1.82) is 0 Å². The van der Waals surface area contributed by atoms with Crippen LogP contribution in [0, 0.1) is 6.92 Å². The van der Waals surface area contributed by atoms with Gasteiger partial charge in [-0.15, -0.1) is 11.3 Å². The van der Waals surface area contributed by atoms with E-state index in [1.165, 1.54) is 11.3 Å². The molecule has 0 atom stereocenters. The van der Waals surface area contributed by atoms with Crippen LogP contribution < -0.4 is 11.1 Å². The molecule has 94 valence electrons. The third-order valence-electron chi connectivity index (χ3n) is 2.49. The minimum absolute atomic E-state index is 0.136. The molecule has 0 aliphatic rings. The normalized spacial score (nSPS) is 10.3. The predicted octanol–water partition coefficient (Wildman–Crippen LogP) is 2.21.